The highest BCUT2D eigenvalue weighted by Gasteiger charge is 2.16. The van der Waals surface area contributed by atoms with Gasteiger partial charge in [0.05, 0.1) is 35.0 Å². The van der Waals surface area contributed by atoms with E-state index in [4.69, 9.17) is 21.4 Å². The standard InChI is InChI=1S/C15H21ClN2O4/c16-7-11(19)8-17-14-6-10(15(20)21)3-4-13(14)18-9-12-2-1-5-22-12/h3-4,6,11-12,17-19H,1-2,5,7-9H2,(H,20,21). The second kappa shape index (κ2) is 8.22. The van der Waals surface area contributed by atoms with Gasteiger partial charge in [-0.15, -0.1) is 11.6 Å². The lowest BCUT2D eigenvalue weighted by Crippen LogP contribution is -2.23. The number of hydrogen-bond acceptors (Lipinski definition) is 5. The molecule has 0 bridgehead atoms. The average Bonchev–Trinajstić information content (AvgIpc) is 3.04. The van der Waals surface area contributed by atoms with Crippen molar-refractivity contribution >= 4 is 28.9 Å². The lowest BCUT2D eigenvalue weighted by atomic mass is 10.1. The van der Waals surface area contributed by atoms with Gasteiger partial charge in [0.1, 0.15) is 0 Å². The second-order valence-corrected chi connectivity index (χ2v) is 5.58. The first-order valence-electron chi connectivity index (χ1n) is 7.31. The Kier molecular flexibility index (Phi) is 6.30. The maximum absolute atomic E-state index is 11.1. The van der Waals surface area contributed by atoms with Crippen LogP contribution < -0.4 is 10.6 Å². The molecule has 6 nitrogen and oxygen atoms in total. The molecule has 1 saturated heterocycles. The number of rotatable bonds is 8. The molecule has 0 saturated carbocycles. The molecule has 4 N–H and O–H groups in total. The van der Waals surface area contributed by atoms with Crippen LogP contribution in [0.3, 0.4) is 0 Å². The zero-order valence-electron chi connectivity index (χ0n) is 12.2. The topological polar surface area (TPSA) is 90.8 Å². The minimum Gasteiger partial charge on any atom is -0.478 e. The molecule has 22 heavy (non-hydrogen) atoms. The Labute approximate surface area is 134 Å². The quantitative estimate of drug-likeness (QED) is 0.546. The van der Waals surface area contributed by atoms with Crippen molar-refractivity contribution in [2.45, 2.75) is 25.0 Å². The Morgan fingerprint density at radius 1 is 1.41 bits per heavy atom. The Bertz CT molecular complexity index is 506. The van der Waals surface area contributed by atoms with Gasteiger partial charge in [-0.25, -0.2) is 4.79 Å². The predicted octanol–water partition coefficient (Wildman–Crippen LogP) is 1.99. The van der Waals surface area contributed by atoms with Gasteiger partial charge in [0, 0.05) is 19.7 Å². The van der Waals surface area contributed by atoms with Crippen LogP contribution in [-0.4, -0.2) is 54.0 Å². The van der Waals surface area contributed by atoms with Gasteiger partial charge in [0.2, 0.25) is 0 Å². The molecule has 1 aromatic carbocycles. The van der Waals surface area contributed by atoms with Crippen LogP contribution in [0.25, 0.3) is 0 Å². The Morgan fingerprint density at radius 2 is 2.23 bits per heavy atom. The molecule has 0 aliphatic carbocycles. The molecule has 7 heteroatoms. The molecule has 0 spiro atoms. The fourth-order valence-corrected chi connectivity index (χ4v) is 2.40. The van der Waals surface area contributed by atoms with Crippen LogP contribution in [0.4, 0.5) is 11.4 Å². The summed E-state index contributed by atoms with van der Waals surface area (Å²) in [5.74, 6) is -0.878. The molecule has 1 aliphatic rings. The van der Waals surface area contributed by atoms with Crippen LogP contribution in [-0.2, 0) is 4.74 Å². The first-order chi connectivity index (χ1) is 10.6. The molecule has 0 amide bonds. The van der Waals surface area contributed by atoms with E-state index in [1.54, 1.807) is 18.2 Å². The van der Waals surface area contributed by atoms with Crippen LogP contribution in [0.15, 0.2) is 18.2 Å². The number of benzene rings is 1. The average molecular weight is 329 g/mol. The summed E-state index contributed by atoms with van der Waals surface area (Å²) in [5, 5.41) is 24.9. The van der Waals surface area contributed by atoms with E-state index in [0.717, 1.165) is 25.1 Å². The Balaban J connectivity index is 2.06. The predicted molar refractivity (Wildman–Crippen MR) is 86.1 cm³/mol. The molecular weight excluding hydrogens is 308 g/mol. The van der Waals surface area contributed by atoms with Gasteiger partial charge in [-0.3, -0.25) is 0 Å². The number of aliphatic hydroxyl groups is 1. The first kappa shape index (κ1) is 16.9. The van der Waals surface area contributed by atoms with Crippen molar-refractivity contribution in [1.29, 1.82) is 0 Å². The van der Waals surface area contributed by atoms with Gasteiger partial charge < -0.3 is 25.6 Å². The Morgan fingerprint density at radius 3 is 2.86 bits per heavy atom. The fourth-order valence-electron chi connectivity index (χ4n) is 2.29. The van der Waals surface area contributed by atoms with E-state index in [1.807, 2.05) is 0 Å². The smallest absolute Gasteiger partial charge is 0.335 e. The largest absolute Gasteiger partial charge is 0.478 e. The number of aromatic carboxylic acids is 1. The van der Waals surface area contributed by atoms with Gasteiger partial charge >= 0.3 is 5.97 Å². The summed E-state index contributed by atoms with van der Waals surface area (Å²) >= 11 is 5.57. The van der Waals surface area contributed by atoms with Gasteiger partial charge in [-0.05, 0) is 31.0 Å². The van der Waals surface area contributed by atoms with Crippen LogP contribution in [0.5, 0.6) is 0 Å². The van der Waals surface area contributed by atoms with Crippen LogP contribution in [0, 0.1) is 0 Å². The third-order valence-electron chi connectivity index (χ3n) is 3.52. The molecule has 122 valence electrons. The summed E-state index contributed by atoms with van der Waals surface area (Å²) in [6.07, 6.45) is 1.58. The van der Waals surface area contributed by atoms with Crippen molar-refractivity contribution < 1.29 is 19.7 Å². The van der Waals surface area contributed by atoms with Crippen molar-refractivity contribution in [2.24, 2.45) is 0 Å². The SMILES string of the molecule is O=C(O)c1ccc(NCC2CCCO2)c(NCC(O)CCl)c1. The number of hydrogen-bond donors (Lipinski definition) is 4. The highest BCUT2D eigenvalue weighted by Crippen LogP contribution is 2.24. The van der Waals surface area contributed by atoms with Gasteiger partial charge in [0.15, 0.2) is 0 Å². The summed E-state index contributed by atoms with van der Waals surface area (Å²) in [5.41, 5.74) is 1.59. The third kappa shape index (κ3) is 4.76. The zero-order chi connectivity index (χ0) is 15.9. The summed E-state index contributed by atoms with van der Waals surface area (Å²) < 4.78 is 5.56. The van der Waals surface area contributed by atoms with Gasteiger partial charge in [-0.1, -0.05) is 0 Å². The van der Waals surface area contributed by atoms with E-state index in [2.05, 4.69) is 10.6 Å². The number of halogens is 1. The highest BCUT2D eigenvalue weighted by molar-refractivity contribution is 6.18. The molecule has 2 rings (SSSR count). The number of aliphatic hydroxyl groups excluding tert-OH is 1. The van der Waals surface area contributed by atoms with E-state index in [9.17, 15) is 9.90 Å². The van der Waals surface area contributed by atoms with Crippen molar-refractivity contribution in [1.82, 2.24) is 0 Å². The Hall–Kier alpha value is -1.50. The molecule has 1 fully saturated rings. The highest BCUT2D eigenvalue weighted by atomic mass is 35.5. The molecular formula is C15H21ClN2O4. The van der Waals surface area contributed by atoms with Crippen LogP contribution >= 0.6 is 11.6 Å². The number of nitrogens with one attached hydrogen (secondary N) is 2. The van der Waals surface area contributed by atoms with Crippen molar-refractivity contribution in [3.8, 4) is 0 Å². The molecule has 1 aromatic rings. The van der Waals surface area contributed by atoms with E-state index < -0.39 is 12.1 Å². The van der Waals surface area contributed by atoms with Crippen LogP contribution in [0.1, 0.15) is 23.2 Å². The summed E-state index contributed by atoms with van der Waals surface area (Å²) in [6, 6.07) is 4.80. The monoisotopic (exact) mass is 328 g/mol. The molecule has 2 atom stereocenters. The van der Waals surface area contributed by atoms with Gasteiger partial charge in [0.25, 0.3) is 0 Å². The number of carboxylic acid groups (broad SMARTS) is 1. The normalized spacial score (nSPS) is 18.9. The molecule has 0 radical (unpaired) electrons. The van der Waals surface area contributed by atoms with E-state index >= 15 is 0 Å². The number of anilines is 2. The van der Waals surface area contributed by atoms with Crippen molar-refractivity contribution in [3.63, 3.8) is 0 Å². The number of ether oxygens (including phenoxy) is 1. The fraction of sp³-hybridized carbons (Fsp3) is 0.533. The number of carbonyl (C=O) groups is 1. The maximum atomic E-state index is 11.1. The molecule has 0 aromatic heterocycles. The van der Waals surface area contributed by atoms with E-state index in [0.29, 0.717) is 12.2 Å². The lowest BCUT2D eigenvalue weighted by molar-refractivity contribution is 0.0697. The maximum Gasteiger partial charge on any atom is 0.335 e. The van der Waals surface area contributed by atoms with E-state index in [1.165, 1.54) is 0 Å². The molecule has 1 aliphatic heterocycles. The number of carboxylic acids is 1. The first-order valence-corrected chi connectivity index (χ1v) is 7.84. The summed E-state index contributed by atoms with van der Waals surface area (Å²) in [4.78, 5) is 11.1. The van der Waals surface area contributed by atoms with E-state index in [-0.39, 0.29) is 24.1 Å². The second-order valence-electron chi connectivity index (χ2n) is 5.27. The molecule has 2 unspecified atom stereocenters. The summed E-state index contributed by atoms with van der Waals surface area (Å²) in [7, 11) is 0. The number of alkyl halides is 1. The minimum atomic E-state index is -0.994. The zero-order valence-corrected chi connectivity index (χ0v) is 13.0. The van der Waals surface area contributed by atoms with Crippen molar-refractivity contribution in [3.05, 3.63) is 23.8 Å². The lowest BCUT2D eigenvalue weighted by Gasteiger charge is -2.18. The van der Waals surface area contributed by atoms with Crippen molar-refractivity contribution in [2.75, 3.05) is 36.2 Å². The minimum absolute atomic E-state index is 0.115. The summed E-state index contributed by atoms with van der Waals surface area (Å²) in [6.45, 7) is 1.71. The van der Waals surface area contributed by atoms with Crippen LogP contribution in [0.2, 0.25) is 0 Å². The molecule has 1 heterocycles. The van der Waals surface area contributed by atoms with Gasteiger partial charge in [-0.2, -0.15) is 0 Å². The third-order valence-corrected chi connectivity index (χ3v) is 3.87.